The van der Waals surface area contributed by atoms with Crippen molar-refractivity contribution in [2.24, 2.45) is 16.5 Å². The van der Waals surface area contributed by atoms with Gasteiger partial charge in [0.25, 0.3) is 5.91 Å². The minimum Gasteiger partial charge on any atom is -0.477 e. The standard InChI is InChI=1S/C15H24N2O4/c1-15(2,3)10-5-4-7-17(8-6-10)13(18)12-9-11(14(19)20)16-21-12/h10,12H,4-9H2,1-3H3,(H,19,20). The molecule has 1 N–H and O–H groups in total. The zero-order valence-electron chi connectivity index (χ0n) is 13.0. The molecule has 0 aromatic carbocycles. The van der Waals surface area contributed by atoms with Crippen LogP contribution in [0.1, 0.15) is 46.5 Å². The SMILES string of the molecule is CC(C)(C)C1CCCN(C(=O)C2CC(C(=O)O)=NO2)CC1. The number of carbonyl (C=O) groups is 2. The average Bonchev–Trinajstić information content (AvgIpc) is 2.74. The summed E-state index contributed by atoms with van der Waals surface area (Å²) < 4.78 is 0. The summed E-state index contributed by atoms with van der Waals surface area (Å²) in [4.78, 5) is 30.0. The molecular formula is C15H24N2O4. The fourth-order valence-electron chi connectivity index (χ4n) is 3.02. The van der Waals surface area contributed by atoms with Gasteiger partial charge in [-0.1, -0.05) is 25.9 Å². The molecule has 6 heteroatoms. The third-order valence-corrected chi connectivity index (χ3v) is 4.46. The van der Waals surface area contributed by atoms with Gasteiger partial charge < -0.3 is 14.8 Å². The van der Waals surface area contributed by atoms with Gasteiger partial charge in [0.15, 0.2) is 5.71 Å². The van der Waals surface area contributed by atoms with Crippen LogP contribution in [0.5, 0.6) is 0 Å². The van der Waals surface area contributed by atoms with Gasteiger partial charge in [-0.3, -0.25) is 4.79 Å². The van der Waals surface area contributed by atoms with Crippen molar-refractivity contribution in [1.82, 2.24) is 4.90 Å². The van der Waals surface area contributed by atoms with E-state index in [-0.39, 0.29) is 23.5 Å². The first-order valence-electron chi connectivity index (χ1n) is 7.54. The summed E-state index contributed by atoms with van der Waals surface area (Å²) in [6, 6.07) is 0. The van der Waals surface area contributed by atoms with Gasteiger partial charge in [-0.15, -0.1) is 0 Å². The summed E-state index contributed by atoms with van der Waals surface area (Å²) in [5, 5.41) is 12.3. The number of rotatable bonds is 2. The Morgan fingerprint density at radius 3 is 2.57 bits per heavy atom. The number of carboxylic acid groups (broad SMARTS) is 1. The molecule has 0 saturated carbocycles. The van der Waals surface area contributed by atoms with E-state index in [1.807, 2.05) is 0 Å². The van der Waals surface area contributed by atoms with Crippen LogP contribution in [0.3, 0.4) is 0 Å². The predicted molar refractivity (Wildman–Crippen MR) is 77.9 cm³/mol. The quantitative estimate of drug-likeness (QED) is 0.844. The van der Waals surface area contributed by atoms with Crippen LogP contribution in [0.2, 0.25) is 0 Å². The molecule has 2 aliphatic rings. The highest BCUT2D eigenvalue weighted by molar-refractivity contribution is 6.36. The van der Waals surface area contributed by atoms with Crippen LogP contribution < -0.4 is 0 Å². The predicted octanol–water partition coefficient (Wildman–Crippen LogP) is 1.89. The molecule has 0 aromatic heterocycles. The molecule has 0 spiro atoms. The summed E-state index contributed by atoms with van der Waals surface area (Å²) in [7, 11) is 0. The molecule has 2 atom stereocenters. The van der Waals surface area contributed by atoms with Crippen LogP contribution in [0, 0.1) is 11.3 Å². The topological polar surface area (TPSA) is 79.2 Å². The minimum atomic E-state index is -1.12. The van der Waals surface area contributed by atoms with Crippen molar-refractivity contribution in [1.29, 1.82) is 0 Å². The molecule has 1 fully saturated rings. The second-order valence-electron chi connectivity index (χ2n) is 6.96. The van der Waals surface area contributed by atoms with Crippen LogP contribution in [0.25, 0.3) is 0 Å². The molecule has 2 heterocycles. The number of hydrogen-bond donors (Lipinski definition) is 1. The lowest BCUT2D eigenvalue weighted by Gasteiger charge is -2.30. The Labute approximate surface area is 125 Å². The lowest BCUT2D eigenvalue weighted by atomic mass is 9.77. The maximum atomic E-state index is 12.4. The summed E-state index contributed by atoms with van der Waals surface area (Å²) in [6.07, 6.45) is 2.38. The summed E-state index contributed by atoms with van der Waals surface area (Å²) in [5.74, 6) is -0.649. The normalized spacial score (nSPS) is 26.8. The van der Waals surface area contributed by atoms with Crippen LogP contribution in [0.15, 0.2) is 5.16 Å². The van der Waals surface area contributed by atoms with Crippen molar-refractivity contribution in [3.05, 3.63) is 0 Å². The first kappa shape index (κ1) is 15.8. The largest absolute Gasteiger partial charge is 0.477 e. The van der Waals surface area contributed by atoms with Gasteiger partial charge in [0.2, 0.25) is 6.10 Å². The molecule has 0 radical (unpaired) electrons. The average molecular weight is 296 g/mol. The first-order valence-corrected chi connectivity index (χ1v) is 7.54. The number of nitrogens with zero attached hydrogens (tertiary/aromatic N) is 2. The van der Waals surface area contributed by atoms with E-state index in [1.54, 1.807) is 4.90 Å². The lowest BCUT2D eigenvalue weighted by molar-refractivity contribution is -0.142. The van der Waals surface area contributed by atoms with Crippen molar-refractivity contribution in [2.45, 2.75) is 52.6 Å². The maximum absolute atomic E-state index is 12.4. The van der Waals surface area contributed by atoms with Gasteiger partial charge in [-0.2, -0.15) is 0 Å². The third kappa shape index (κ3) is 3.74. The van der Waals surface area contributed by atoms with E-state index in [0.29, 0.717) is 19.0 Å². The van der Waals surface area contributed by atoms with Gasteiger partial charge in [0.05, 0.1) is 0 Å². The first-order chi connectivity index (χ1) is 9.79. The van der Waals surface area contributed by atoms with E-state index in [4.69, 9.17) is 9.94 Å². The van der Waals surface area contributed by atoms with Crippen LogP contribution in [0.4, 0.5) is 0 Å². The molecule has 0 bridgehead atoms. The number of likely N-dealkylation sites (tertiary alicyclic amines) is 1. The molecule has 2 unspecified atom stereocenters. The number of aliphatic carboxylic acids is 1. The molecule has 118 valence electrons. The van der Waals surface area contributed by atoms with Crippen molar-refractivity contribution in [3.8, 4) is 0 Å². The number of carboxylic acids is 1. The smallest absolute Gasteiger partial charge is 0.353 e. The Balaban J connectivity index is 1.91. The molecule has 0 aromatic rings. The van der Waals surface area contributed by atoms with Crippen molar-refractivity contribution in [3.63, 3.8) is 0 Å². The molecule has 2 aliphatic heterocycles. The second kappa shape index (κ2) is 6.03. The summed E-state index contributed by atoms with van der Waals surface area (Å²) in [6.45, 7) is 8.14. The van der Waals surface area contributed by atoms with Crippen molar-refractivity contribution in [2.75, 3.05) is 13.1 Å². The van der Waals surface area contributed by atoms with Crippen molar-refractivity contribution < 1.29 is 19.5 Å². The highest BCUT2D eigenvalue weighted by Crippen LogP contribution is 2.34. The molecular weight excluding hydrogens is 272 g/mol. The molecule has 21 heavy (non-hydrogen) atoms. The monoisotopic (exact) mass is 296 g/mol. The van der Waals surface area contributed by atoms with E-state index in [9.17, 15) is 9.59 Å². The molecule has 1 amide bonds. The molecule has 2 rings (SSSR count). The zero-order valence-corrected chi connectivity index (χ0v) is 13.0. The highest BCUT2D eigenvalue weighted by atomic mass is 16.6. The van der Waals surface area contributed by atoms with E-state index < -0.39 is 12.1 Å². The van der Waals surface area contributed by atoms with Crippen LogP contribution >= 0.6 is 0 Å². The third-order valence-electron chi connectivity index (χ3n) is 4.46. The number of oxime groups is 1. The Morgan fingerprint density at radius 2 is 2.00 bits per heavy atom. The van der Waals surface area contributed by atoms with Gasteiger partial charge in [0.1, 0.15) is 0 Å². The van der Waals surface area contributed by atoms with E-state index in [1.165, 1.54) is 0 Å². The number of amides is 1. The fourth-order valence-corrected chi connectivity index (χ4v) is 3.02. The Morgan fingerprint density at radius 1 is 1.29 bits per heavy atom. The second-order valence-corrected chi connectivity index (χ2v) is 6.96. The Kier molecular flexibility index (Phi) is 4.54. The Hall–Kier alpha value is -1.59. The highest BCUT2D eigenvalue weighted by Gasteiger charge is 2.36. The maximum Gasteiger partial charge on any atom is 0.353 e. The van der Waals surface area contributed by atoms with E-state index in [0.717, 1.165) is 19.3 Å². The molecule has 1 saturated heterocycles. The summed E-state index contributed by atoms with van der Waals surface area (Å²) >= 11 is 0. The Bertz CT molecular complexity index is 453. The van der Waals surface area contributed by atoms with Gasteiger partial charge in [-0.25, -0.2) is 4.79 Å². The lowest BCUT2D eigenvalue weighted by Crippen LogP contribution is -2.40. The zero-order chi connectivity index (χ0) is 15.6. The van der Waals surface area contributed by atoms with Crippen LogP contribution in [-0.2, 0) is 14.4 Å². The van der Waals surface area contributed by atoms with Gasteiger partial charge >= 0.3 is 5.97 Å². The van der Waals surface area contributed by atoms with Gasteiger partial charge in [0, 0.05) is 19.5 Å². The van der Waals surface area contributed by atoms with Crippen molar-refractivity contribution >= 4 is 17.6 Å². The number of carbonyl (C=O) groups excluding carboxylic acids is 1. The molecule has 0 aliphatic carbocycles. The molecule has 6 nitrogen and oxygen atoms in total. The van der Waals surface area contributed by atoms with E-state index >= 15 is 0 Å². The summed E-state index contributed by atoms with van der Waals surface area (Å²) in [5.41, 5.74) is 0.179. The number of hydrogen-bond acceptors (Lipinski definition) is 4. The van der Waals surface area contributed by atoms with E-state index in [2.05, 4.69) is 25.9 Å². The van der Waals surface area contributed by atoms with Gasteiger partial charge in [-0.05, 0) is 30.6 Å². The van der Waals surface area contributed by atoms with Crippen LogP contribution in [-0.4, -0.2) is 46.8 Å². The minimum absolute atomic E-state index is 0.0629. The fraction of sp³-hybridized carbons (Fsp3) is 0.800.